The van der Waals surface area contributed by atoms with Crippen LogP contribution in [0.3, 0.4) is 0 Å². The van der Waals surface area contributed by atoms with Gasteiger partial charge in [-0.3, -0.25) is 14.7 Å². The molecule has 0 radical (unpaired) electrons. The minimum absolute atomic E-state index is 0.152. The Bertz CT molecular complexity index is 1370. The van der Waals surface area contributed by atoms with Crippen molar-refractivity contribution in [2.45, 2.75) is 63.6 Å². The fourth-order valence-corrected chi connectivity index (χ4v) is 8.01. The number of fused-ring (bicyclic) bond motifs is 1. The Balaban J connectivity index is 1.27. The first-order valence-electron chi connectivity index (χ1n) is 14.0. The van der Waals surface area contributed by atoms with Gasteiger partial charge in [-0.05, 0) is 63.0 Å². The second-order valence-electron chi connectivity index (χ2n) is 12.5. The number of ether oxygens (including phenoxy) is 1. The Kier molecular flexibility index (Phi) is 4.90. The lowest BCUT2D eigenvalue weighted by atomic mass is 9.61. The van der Waals surface area contributed by atoms with Gasteiger partial charge in [-0.1, -0.05) is 11.6 Å². The molecule has 2 aliphatic carbocycles. The van der Waals surface area contributed by atoms with Gasteiger partial charge in [0.1, 0.15) is 0 Å². The van der Waals surface area contributed by atoms with Crippen LogP contribution in [-0.2, 0) is 4.74 Å². The number of aromatic nitrogens is 4. The van der Waals surface area contributed by atoms with Gasteiger partial charge < -0.3 is 15.0 Å². The third kappa shape index (κ3) is 3.19. The minimum atomic E-state index is 0.152. The van der Waals surface area contributed by atoms with Crippen molar-refractivity contribution >= 4 is 28.3 Å². The summed E-state index contributed by atoms with van der Waals surface area (Å²) < 4.78 is 7.91. The number of aryl methyl sites for hydroxylation is 1. The highest BCUT2D eigenvalue weighted by Gasteiger charge is 2.52. The molecular formula is C28H36ClN7O. The van der Waals surface area contributed by atoms with E-state index in [0.29, 0.717) is 17.5 Å². The lowest BCUT2D eigenvalue weighted by molar-refractivity contribution is -0.0819. The average molecular weight is 522 g/mol. The van der Waals surface area contributed by atoms with E-state index in [1.807, 2.05) is 6.20 Å². The molecule has 2 spiro atoms. The molecule has 2 N–H and O–H groups in total. The molecule has 3 aliphatic heterocycles. The largest absolute Gasteiger partial charge is 0.378 e. The highest BCUT2D eigenvalue weighted by Crippen LogP contribution is 2.54. The maximum Gasteiger partial charge on any atom is 0.159 e. The summed E-state index contributed by atoms with van der Waals surface area (Å²) in [5.41, 5.74) is 6.29. The van der Waals surface area contributed by atoms with Crippen LogP contribution in [0, 0.1) is 19.3 Å². The Labute approximate surface area is 222 Å². The van der Waals surface area contributed by atoms with Crippen molar-refractivity contribution in [3.05, 3.63) is 28.5 Å². The molecule has 5 heterocycles. The van der Waals surface area contributed by atoms with E-state index in [0.717, 1.165) is 78.8 Å². The number of anilines is 1. The van der Waals surface area contributed by atoms with Gasteiger partial charge in [-0.25, -0.2) is 0 Å². The number of rotatable bonds is 4. The number of benzene rings is 1. The molecule has 0 unspecified atom stereocenters. The third-order valence-electron chi connectivity index (χ3n) is 10.3. The van der Waals surface area contributed by atoms with Gasteiger partial charge in [-0.2, -0.15) is 10.2 Å². The molecule has 196 valence electrons. The van der Waals surface area contributed by atoms with Gasteiger partial charge in [-0.15, -0.1) is 0 Å². The number of nitrogens with one attached hydrogen (secondary N) is 2. The van der Waals surface area contributed by atoms with Crippen LogP contribution in [0.4, 0.5) is 5.82 Å². The molecule has 0 bridgehead atoms. The molecule has 5 aliphatic rings. The summed E-state index contributed by atoms with van der Waals surface area (Å²) in [7, 11) is 0. The maximum absolute atomic E-state index is 7.14. The van der Waals surface area contributed by atoms with Crippen molar-refractivity contribution < 1.29 is 4.74 Å². The van der Waals surface area contributed by atoms with Gasteiger partial charge >= 0.3 is 0 Å². The van der Waals surface area contributed by atoms with Crippen molar-refractivity contribution in [1.82, 2.24) is 30.2 Å². The zero-order chi connectivity index (χ0) is 24.9. The fraction of sp³-hybridized carbons (Fsp3) is 0.643. The summed E-state index contributed by atoms with van der Waals surface area (Å²) in [6.45, 7) is 11.6. The monoisotopic (exact) mass is 521 g/mol. The molecule has 8 rings (SSSR count). The van der Waals surface area contributed by atoms with E-state index in [4.69, 9.17) is 21.4 Å². The molecule has 0 amide bonds. The number of nitrogens with zero attached hydrogens (tertiary/aromatic N) is 5. The summed E-state index contributed by atoms with van der Waals surface area (Å²) >= 11 is 7.14. The number of piperazine rings is 1. The van der Waals surface area contributed by atoms with Crippen LogP contribution in [0.2, 0.25) is 5.02 Å². The van der Waals surface area contributed by atoms with E-state index in [1.165, 1.54) is 43.4 Å². The summed E-state index contributed by atoms with van der Waals surface area (Å²) in [6, 6.07) is 3.15. The van der Waals surface area contributed by atoms with Crippen LogP contribution in [0.1, 0.15) is 49.4 Å². The highest BCUT2D eigenvalue weighted by molar-refractivity contribution is 6.36. The lowest BCUT2D eigenvalue weighted by Crippen LogP contribution is -2.69. The molecule has 8 nitrogen and oxygen atoms in total. The summed E-state index contributed by atoms with van der Waals surface area (Å²) in [4.78, 5) is 5.35. The molecule has 5 fully saturated rings. The Hall–Kier alpha value is -2.13. The van der Waals surface area contributed by atoms with Crippen molar-refractivity contribution in [3.63, 3.8) is 0 Å². The second kappa shape index (κ2) is 7.94. The summed E-state index contributed by atoms with van der Waals surface area (Å²) in [6.07, 6.45) is 8.10. The van der Waals surface area contributed by atoms with Crippen molar-refractivity contribution in [2.75, 3.05) is 50.8 Å². The van der Waals surface area contributed by atoms with E-state index < -0.39 is 0 Å². The van der Waals surface area contributed by atoms with Crippen LogP contribution < -0.4 is 10.2 Å². The van der Waals surface area contributed by atoms with E-state index in [2.05, 4.69) is 49.9 Å². The molecular weight excluding hydrogens is 486 g/mol. The van der Waals surface area contributed by atoms with Crippen molar-refractivity contribution in [2.24, 2.45) is 5.41 Å². The Morgan fingerprint density at radius 1 is 1.08 bits per heavy atom. The quantitative estimate of drug-likeness (QED) is 0.539. The van der Waals surface area contributed by atoms with Crippen molar-refractivity contribution in [3.8, 4) is 11.1 Å². The van der Waals surface area contributed by atoms with Crippen LogP contribution in [0.5, 0.6) is 0 Å². The fourth-order valence-electron chi connectivity index (χ4n) is 7.76. The van der Waals surface area contributed by atoms with Crippen LogP contribution in [0.15, 0.2) is 12.3 Å². The molecule has 37 heavy (non-hydrogen) atoms. The average Bonchev–Trinajstić information content (AvgIpc) is 3.35. The number of H-pyrrole nitrogens is 1. The number of hydrogen-bond acceptors (Lipinski definition) is 6. The molecule has 9 heteroatoms. The maximum atomic E-state index is 7.14. The number of hydrogen-bond donors (Lipinski definition) is 2. The zero-order valence-electron chi connectivity index (χ0n) is 21.8. The summed E-state index contributed by atoms with van der Waals surface area (Å²) in [5.74, 6) is 1.13. The van der Waals surface area contributed by atoms with E-state index in [9.17, 15) is 0 Å². The molecule has 3 aromatic rings. The topological polar surface area (TPSA) is 74.2 Å². The smallest absolute Gasteiger partial charge is 0.159 e. The normalized spacial score (nSPS) is 25.3. The first kappa shape index (κ1) is 22.8. The first-order chi connectivity index (χ1) is 18.0. The van der Waals surface area contributed by atoms with Gasteiger partial charge in [0.15, 0.2) is 5.82 Å². The molecule has 3 saturated heterocycles. The van der Waals surface area contributed by atoms with Crippen LogP contribution in [-0.4, -0.2) is 82.4 Å². The Morgan fingerprint density at radius 2 is 1.89 bits per heavy atom. The zero-order valence-corrected chi connectivity index (χ0v) is 22.6. The Morgan fingerprint density at radius 3 is 2.54 bits per heavy atom. The molecule has 0 atom stereocenters. The molecule has 2 saturated carbocycles. The summed E-state index contributed by atoms with van der Waals surface area (Å²) in [5, 5.41) is 18.5. The molecule has 1 aromatic carbocycles. The van der Waals surface area contributed by atoms with E-state index >= 15 is 0 Å². The predicted octanol–water partition coefficient (Wildman–Crippen LogP) is 4.06. The number of aromatic amines is 1. The predicted molar refractivity (Wildman–Crippen MR) is 145 cm³/mol. The van der Waals surface area contributed by atoms with E-state index in [1.54, 1.807) is 0 Å². The van der Waals surface area contributed by atoms with Gasteiger partial charge in [0.05, 0.1) is 47.6 Å². The van der Waals surface area contributed by atoms with Crippen LogP contribution >= 0.6 is 11.6 Å². The minimum Gasteiger partial charge on any atom is -0.378 e. The standard InChI is InChI=1S/C28H36ClN7O/c1-17-8-22-21(11-31-32-22)24(25(17)29)23-18(2)36(19-9-27(10-19)14-30-15-27)33-26(23)35-7-6-34(20-12-37-13-20)16-28(35)4-3-5-28/h8,11,19-20,30H,3-7,9-10,12-16H2,1-2H3,(H,31,32). The second-order valence-corrected chi connectivity index (χ2v) is 12.9. The van der Waals surface area contributed by atoms with Crippen molar-refractivity contribution in [1.29, 1.82) is 0 Å². The third-order valence-corrected chi connectivity index (χ3v) is 10.8. The number of halogens is 1. The van der Waals surface area contributed by atoms with E-state index in [-0.39, 0.29) is 5.54 Å². The molecule has 2 aromatic heterocycles. The SMILES string of the molecule is Cc1cc2[nH]ncc2c(-c2c(N3CCN(C4COC4)CC34CCC4)nn(C3CC4(CNC4)C3)c2C)c1Cl. The lowest BCUT2D eigenvalue weighted by Gasteiger charge is -2.58. The van der Waals surface area contributed by atoms with Gasteiger partial charge in [0, 0.05) is 54.9 Å². The highest BCUT2D eigenvalue weighted by atomic mass is 35.5. The van der Waals surface area contributed by atoms with Gasteiger partial charge in [0.2, 0.25) is 0 Å². The first-order valence-corrected chi connectivity index (χ1v) is 14.4. The van der Waals surface area contributed by atoms with Gasteiger partial charge in [0.25, 0.3) is 0 Å². The van der Waals surface area contributed by atoms with Crippen LogP contribution in [0.25, 0.3) is 22.0 Å².